The molecule has 0 bridgehead atoms. The van der Waals surface area contributed by atoms with Crippen LogP contribution in [0.15, 0.2) is 12.2 Å². The third-order valence-corrected chi connectivity index (χ3v) is 7.91. The molecule has 0 amide bonds. The van der Waals surface area contributed by atoms with E-state index in [1.807, 2.05) is 0 Å². The Morgan fingerprint density at radius 1 is 1.14 bits per heavy atom. The predicted molar refractivity (Wildman–Crippen MR) is 81.5 cm³/mol. The van der Waals surface area contributed by atoms with Gasteiger partial charge in [-0.05, 0) is 74.0 Å². The smallest absolute Gasteiger partial charge is 0.173 e. The van der Waals surface area contributed by atoms with Gasteiger partial charge in [0.2, 0.25) is 0 Å². The van der Waals surface area contributed by atoms with Crippen LogP contribution in [0, 0.1) is 34.5 Å². The second-order valence-corrected chi connectivity index (χ2v) is 8.59. The zero-order chi connectivity index (χ0) is 14.8. The van der Waals surface area contributed by atoms with E-state index in [0.717, 1.165) is 18.8 Å². The fraction of sp³-hybridized carbons (Fsp3) is 0.842. The van der Waals surface area contributed by atoms with E-state index in [9.17, 15) is 9.18 Å². The van der Waals surface area contributed by atoms with Crippen molar-refractivity contribution in [3.63, 3.8) is 0 Å². The third kappa shape index (κ3) is 1.71. The van der Waals surface area contributed by atoms with E-state index >= 15 is 0 Å². The third-order valence-electron chi connectivity index (χ3n) is 7.91. The highest BCUT2D eigenvalue weighted by Gasteiger charge is 2.61. The monoisotopic (exact) mass is 290 g/mol. The Morgan fingerprint density at radius 2 is 1.95 bits per heavy atom. The minimum atomic E-state index is -1.18. The highest BCUT2D eigenvalue weighted by Crippen LogP contribution is 2.65. The van der Waals surface area contributed by atoms with Crippen LogP contribution in [0.4, 0.5) is 4.39 Å². The van der Waals surface area contributed by atoms with Crippen LogP contribution in [0.5, 0.6) is 0 Å². The van der Waals surface area contributed by atoms with Crippen molar-refractivity contribution in [2.45, 2.75) is 65.0 Å². The van der Waals surface area contributed by atoms with Crippen molar-refractivity contribution >= 4 is 5.78 Å². The quantitative estimate of drug-likeness (QED) is 0.590. The number of halogens is 1. The van der Waals surface area contributed by atoms with Gasteiger partial charge in [0, 0.05) is 5.41 Å². The van der Waals surface area contributed by atoms with Gasteiger partial charge in [0.15, 0.2) is 12.0 Å². The van der Waals surface area contributed by atoms with Crippen LogP contribution in [-0.2, 0) is 4.79 Å². The molecule has 0 aromatic carbocycles. The lowest BCUT2D eigenvalue weighted by Gasteiger charge is -2.58. The van der Waals surface area contributed by atoms with Crippen molar-refractivity contribution < 1.29 is 9.18 Å². The van der Waals surface area contributed by atoms with Gasteiger partial charge < -0.3 is 0 Å². The Labute approximate surface area is 127 Å². The Kier molecular flexibility index (Phi) is 2.94. The summed E-state index contributed by atoms with van der Waals surface area (Å²) in [4.78, 5) is 12.3. The molecule has 0 aromatic heterocycles. The fourth-order valence-electron chi connectivity index (χ4n) is 6.59. The zero-order valence-electron chi connectivity index (χ0n) is 13.3. The first-order valence-corrected chi connectivity index (χ1v) is 8.80. The molecule has 0 radical (unpaired) electrons. The minimum Gasteiger partial charge on any atom is -0.296 e. The number of allylic oxidation sites excluding steroid dienone is 2. The van der Waals surface area contributed by atoms with Crippen LogP contribution in [0.2, 0.25) is 0 Å². The molecule has 1 unspecified atom stereocenters. The molecule has 21 heavy (non-hydrogen) atoms. The summed E-state index contributed by atoms with van der Waals surface area (Å²) in [5.74, 6) is 2.33. The summed E-state index contributed by atoms with van der Waals surface area (Å²) in [5, 5.41) is 0. The average molecular weight is 290 g/mol. The van der Waals surface area contributed by atoms with Crippen LogP contribution in [-0.4, -0.2) is 12.0 Å². The second-order valence-electron chi connectivity index (χ2n) is 8.59. The van der Waals surface area contributed by atoms with Gasteiger partial charge in [-0.15, -0.1) is 0 Å². The number of carbonyl (C=O) groups excluding carboxylic acids is 1. The summed E-state index contributed by atoms with van der Waals surface area (Å²) >= 11 is 0. The molecule has 4 aliphatic rings. The van der Waals surface area contributed by atoms with Crippen molar-refractivity contribution in [3.8, 4) is 0 Å². The Bertz CT molecular complexity index is 498. The molecule has 2 heteroatoms. The van der Waals surface area contributed by atoms with E-state index in [1.165, 1.54) is 25.7 Å². The fourth-order valence-corrected chi connectivity index (χ4v) is 6.59. The van der Waals surface area contributed by atoms with E-state index in [-0.39, 0.29) is 11.2 Å². The number of Topliss-reactive ketones (excluding diaryl/α,β-unsaturated/α-hetero) is 1. The lowest BCUT2D eigenvalue weighted by atomic mass is 9.46. The van der Waals surface area contributed by atoms with Gasteiger partial charge in [-0.25, -0.2) is 4.39 Å². The largest absolute Gasteiger partial charge is 0.296 e. The van der Waals surface area contributed by atoms with Gasteiger partial charge in [-0.3, -0.25) is 4.79 Å². The molecule has 0 aliphatic heterocycles. The first-order chi connectivity index (χ1) is 9.97. The van der Waals surface area contributed by atoms with Crippen LogP contribution in [0.25, 0.3) is 0 Å². The highest BCUT2D eigenvalue weighted by atomic mass is 19.1. The number of ketones is 1. The van der Waals surface area contributed by atoms with Crippen molar-refractivity contribution in [1.29, 1.82) is 0 Å². The summed E-state index contributed by atoms with van der Waals surface area (Å²) in [5.41, 5.74) is 0.0464. The topological polar surface area (TPSA) is 17.1 Å². The van der Waals surface area contributed by atoms with Crippen LogP contribution >= 0.6 is 0 Å². The van der Waals surface area contributed by atoms with E-state index in [0.29, 0.717) is 29.6 Å². The van der Waals surface area contributed by atoms with Crippen LogP contribution < -0.4 is 0 Å². The number of hydrogen-bond donors (Lipinski definition) is 0. The maximum atomic E-state index is 14.1. The molecule has 4 aliphatic carbocycles. The lowest BCUT2D eigenvalue weighted by molar-refractivity contribution is -0.138. The summed E-state index contributed by atoms with van der Waals surface area (Å²) in [6.07, 6.45) is 11.0. The Morgan fingerprint density at radius 3 is 2.76 bits per heavy atom. The van der Waals surface area contributed by atoms with Gasteiger partial charge >= 0.3 is 0 Å². The molecular weight excluding hydrogens is 263 g/mol. The van der Waals surface area contributed by atoms with Crippen molar-refractivity contribution in [2.75, 3.05) is 0 Å². The molecule has 1 nitrogen and oxygen atoms in total. The maximum Gasteiger partial charge on any atom is 0.173 e. The number of alkyl halides is 1. The normalized spacial score (nSPS) is 55.8. The Hall–Kier alpha value is -0.660. The summed E-state index contributed by atoms with van der Waals surface area (Å²) < 4.78 is 14.1. The molecule has 0 saturated heterocycles. The predicted octanol–water partition coefficient (Wildman–Crippen LogP) is 4.71. The standard InChI is InChI=1S/C19H27FO/c1-18-9-4-3-5-12(18)6-7-13-14(18)8-10-19(2)15(13)11-16(20)17(19)21/h3-4,12-16H,5-11H2,1-2H3/t12?,13-,14+,15+,16-,18+,19+/m1/s1. The van der Waals surface area contributed by atoms with E-state index in [1.54, 1.807) is 0 Å². The van der Waals surface area contributed by atoms with Gasteiger partial charge in [0.25, 0.3) is 0 Å². The number of carbonyl (C=O) groups is 1. The van der Waals surface area contributed by atoms with Gasteiger partial charge in [-0.2, -0.15) is 0 Å². The number of fused-ring (bicyclic) bond motifs is 5. The molecule has 116 valence electrons. The highest BCUT2D eigenvalue weighted by molar-refractivity contribution is 5.91. The molecular formula is C19H27FO. The molecule has 0 spiro atoms. The molecule has 0 aromatic rings. The average Bonchev–Trinajstić information content (AvgIpc) is 2.70. The van der Waals surface area contributed by atoms with Gasteiger partial charge in [0.1, 0.15) is 0 Å². The first-order valence-electron chi connectivity index (χ1n) is 8.80. The van der Waals surface area contributed by atoms with E-state index in [2.05, 4.69) is 26.0 Å². The number of hydrogen-bond acceptors (Lipinski definition) is 1. The van der Waals surface area contributed by atoms with Crippen molar-refractivity contribution in [1.82, 2.24) is 0 Å². The Balaban J connectivity index is 1.68. The lowest BCUT2D eigenvalue weighted by Crippen LogP contribution is -2.52. The SMILES string of the molecule is C[C@]12CC=CCC1CC[C@@H]1[C@@H]2CC[C@]2(C)C(=O)[C@H](F)C[C@@H]12. The summed E-state index contributed by atoms with van der Waals surface area (Å²) in [6.45, 7) is 4.54. The van der Waals surface area contributed by atoms with Crippen molar-refractivity contribution in [3.05, 3.63) is 12.2 Å². The molecule has 3 saturated carbocycles. The number of rotatable bonds is 0. The maximum absolute atomic E-state index is 14.1. The summed E-state index contributed by atoms with van der Waals surface area (Å²) in [7, 11) is 0. The van der Waals surface area contributed by atoms with Crippen molar-refractivity contribution in [2.24, 2.45) is 34.5 Å². The first kappa shape index (κ1) is 14.0. The molecule has 7 atom stereocenters. The van der Waals surface area contributed by atoms with E-state index < -0.39 is 6.17 Å². The van der Waals surface area contributed by atoms with Crippen LogP contribution in [0.3, 0.4) is 0 Å². The second kappa shape index (κ2) is 4.43. The molecule has 3 fully saturated rings. The van der Waals surface area contributed by atoms with Crippen LogP contribution in [0.1, 0.15) is 58.8 Å². The zero-order valence-corrected chi connectivity index (χ0v) is 13.3. The molecule has 0 N–H and O–H groups in total. The molecule has 4 rings (SSSR count). The molecule has 0 heterocycles. The van der Waals surface area contributed by atoms with Gasteiger partial charge in [-0.1, -0.05) is 26.0 Å². The minimum absolute atomic E-state index is 0.0817. The summed E-state index contributed by atoms with van der Waals surface area (Å²) in [6, 6.07) is 0. The van der Waals surface area contributed by atoms with Gasteiger partial charge in [0.05, 0.1) is 0 Å². The van der Waals surface area contributed by atoms with E-state index in [4.69, 9.17) is 0 Å².